The van der Waals surface area contributed by atoms with Crippen LogP contribution in [0.25, 0.3) is 0 Å². The van der Waals surface area contributed by atoms with Gasteiger partial charge in [-0.3, -0.25) is 4.79 Å². The van der Waals surface area contributed by atoms with Crippen LogP contribution in [0.5, 0.6) is 5.75 Å². The van der Waals surface area contributed by atoms with Gasteiger partial charge in [0, 0.05) is 38.1 Å². The number of halogens is 1. The molecule has 1 aromatic rings. The third-order valence-corrected chi connectivity index (χ3v) is 4.23. The van der Waals surface area contributed by atoms with E-state index in [9.17, 15) is 4.79 Å². The molecule has 0 radical (unpaired) electrons. The number of benzene rings is 1. The molecule has 0 saturated carbocycles. The van der Waals surface area contributed by atoms with Crippen molar-refractivity contribution >= 4 is 40.5 Å². The Bertz CT molecular complexity index is 568. The summed E-state index contributed by atoms with van der Waals surface area (Å²) >= 11 is 11.5. The summed E-state index contributed by atoms with van der Waals surface area (Å²) in [4.78, 5) is 15.4. The van der Waals surface area contributed by atoms with Gasteiger partial charge in [0.15, 0.2) is 5.11 Å². The number of ether oxygens (including phenoxy) is 1. The predicted molar refractivity (Wildman–Crippen MR) is 92.7 cm³/mol. The van der Waals surface area contributed by atoms with Crippen molar-refractivity contribution in [2.45, 2.75) is 13.3 Å². The second-order valence-electron chi connectivity index (χ2n) is 5.12. The van der Waals surface area contributed by atoms with Crippen LogP contribution in [-0.2, 0) is 4.79 Å². The molecule has 5 nitrogen and oxygen atoms in total. The predicted octanol–water partition coefficient (Wildman–Crippen LogP) is 2.60. The molecule has 1 heterocycles. The fourth-order valence-corrected chi connectivity index (χ4v) is 2.87. The van der Waals surface area contributed by atoms with E-state index in [1.165, 1.54) is 0 Å². The zero-order valence-electron chi connectivity index (χ0n) is 12.8. The molecule has 0 atom stereocenters. The zero-order valence-corrected chi connectivity index (χ0v) is 14.3. The molecule has 7 heteroatoms. The first-order valence-corrected chi connectivity index (χ1v) is 7.95. The van der Waals surface area contributed by atoms with Crippen molar-refractivity contribution in [1.29, 1.82) is 0 Å². The van der Waals surface area contributed by atoms with Gasteiger partial charge in [-0.05, 0) is 36.8 Å². The molecule has 1 aromatic carbocycles. The van der Waals surface area contributed by atoms with E-state index in [-0.39, 0.29) is 5.91 Å². The Kier molecular flexibility index (Phi) is 5.85. The van der Waals surface area contributed by atoms with Gasteiger partial charge in [-0.25, -0.2) is 0 Å². The fourth-order valence-electron chi connectivity index (χ4n) is 2.41. The minimum Gasteiger partial charge on any atom is -0.495 e. The van der Waals surface area contributed by atoms with E-state index < -0.39 is 0 Å². The number of hydrogen-bond donors (Lipinski definition) is 1. The number of methoxy groups -OCH3 is 1. The maximum atomic E-state index is 11.5. The van der Waals surface area contributed by atoms with Gasteiger partial charge in [-0.15, -0.1) is 0 Å². The first kappa shape index (κ1) is 16.8. The minimum atomic E-state index is 0.109. The number of hydrogen-bond acceptors (Lipinski definition) is 3. The second-order valence-corrected chi connectivity index (χ2v) is 5.94. The molecule has 22 heavy (non-hydrogen) atoms. The first-order valence-electron chi connectivity index (χ1n) is 7.16. The molecule has 1 aliphatic rings. The van der Waals surface area contributed by atoms with E-state index in [4.69, 9.17) is 28.6 Å². The molecule has 120 valence electrons. The molecular weight excluding hydrogens is 322 g/mol. The number of amides is 1. The lowest BCUT2D eigenvalue weighted by molar-refractivity contribution is -0.128. The molecule has 1 fully saturated rings. The van der Waals surface area contributed by atoms with Gasteiger partial charge < -0.3 is 19.9 Å². The Balaban J connectivity index is 2.03. The summed E-state index contributed by atoms with van der Waals surface area (Å²) in [5, 5.41) is 4.42. The molecule has 0 spiro atoms. The second kappa shape index (κ2) is 7.65. The third-order valence-electron chi connectivity index (χ3n) is 3.63. The molecule has 0 bridgehead atoms. The van der Waals surface area contributed by atoms with Crippen LogP contribution in [0.1, 0.15) is 13.3 Å². The SMILES string of the molecule is COc1ccc(Cl)cc1NC(=S)N1CCCN(C(C)=O)CC1. The number of carbonyl (C=O) groups is 1. The number of anilines is 1. The lowest BCUT2D eigenvalue weighted by Crippen LogP contribution is -2.38. The summed E-state index contributed by atoms with van der Waals surface area (Å²) < 4.78 is 5.31. The molecular formula is C15H20ClN3O2S. The lowest BCUT2D eigenvalue weighted by atomic mass is 10.3. The van der Waals surface area contributed by atoms with Crippen LogP contribution in [0.3, 0.4) is 0 Å². The highest BCUT2D eigenvalue weighted by Crippen LogP contribution is 2.28. The summed E-state index contributed by atoms with van der Waals surface area (Å²) in [5.74, 6) is 0.796. The fraction of sp³-hybridized carbons (Fsp3) is 0.467. The Morgan fingerprint density at radius 2 is 1.95 bits per heavy atom. The Morgan fingerprint density at radius 1 is 1.27 bits per heavy atom. The number of rotatable bonds is 2. The van der Waals surface area contributed by atoms with E-state index in [1.54, 1.807) is 32.2 Å². The average molecular weight is 342 g/mol. The standard InChI is InChI=1S/C15H20ClN3O2S/c1-11(20)18-6-3-7-19(9-8-18)15(22)17-13-10-12(16)4-5-14(13)21-2/h4-5,10H,3,6-9H2,1-2H3,(H,17,22). The number of thiocarbonyl (C=S) groups is 1. The smallest absolute Gasteiger partial charge is 0.219 e. The van der Waals surface area contributed by atoms with Crippen molar-refractivity contribution in [3.63, 3.8) is 0 Å². The van der Waals surface area contributed by atoms with Crippen molar-refractivity contribution in [2.75, 3.05) is 38.6 Å². The van der Waals surface area contributed by atoms with Crippen molar-refractivity contribution < 1.29 is 9.53 Å². The van der Waals surface area contributed by atoms with Crippen LogP contribution in [0.2, 0.25) is 5.02 Å². The molecule has 2 rings (SSSR count). The normalized spacial score (nSPS) is 15.2. The monoisotopic (exact) mass is 341 g/mol. The van der Waals surface area contributed by atoms with Gasteiger partial charge in [0.2, 0.25) is 5.91 Å². The van der Waals surface area contributed by atoms with Crippen LogP contribution < -0.4 is 10.1 Å². The van der Waals surface area contributed by atoms with Crippen molar-refractivity contribution in [2.24, 2.45) is 0 Å². The topological polar surface area (TPSA) is 44.8 Å². The van der Waals surface area contributed by atoms with Crippen LogP contribution >= 0.6 is 23.8 Å². The van der Waals surface area contributed by atoms with Crippen LogP contribution in [0.4, 0.5) is 5.69 Å². The molecule has 1 amide bonds. The molecule has 1 N–H and O–H groups in total. The van der Waals surface area contributed by atoms with E-state index in [1.807, 2.05) is 4.90 Å². The highest BCUT2D eigenvalue weighted by Gasteiger charge is 2.19. The van der Waals surface area contributed by atoms with Crippen molar-refractivity contribution in [3.05, 3.63) is 23.2 Å². The summed E-state index contributed by atoms with van der Waals surface area (Å²) in [6.45, 7) is 4.59. The van der Waals surface area contributed by atoms with Gasteiger partial charge in [0.05, 0.1) is 12.8 Å². The van der Waals surface area contributed by atoms with E-state index >= 15 is 0 Å². The summed E-state index contributed by atoms with van der Waals surface area (Å²) in [6, 6.07) is 5.35. The summed E-state index contributed by atoms with van der Waals surface area (Å²) in [6.07, 6.45) is 0.897. The largest absolute Gasteiger partial charge is 0.495 e. The van der Waals surface area contributed by atoms with E-state index in [0.717, 1.165) is 25.2 Å². The van der Waals surface area contributed by atoms with Gasteiger partial charge >= 0.3 is 0 Å². The zero-order chi connectivity index (χ0) is 16.1. The molecule has 0 aromatic heterocycles. The third kappa shape index (κ3) is 4.24. The quantitative estimate of drug-likeness (QED) is 0.838. The van der Waals surface area contributed by atoms with Gasteiger partial charge in [0.25, 0.3) is 0 Å². The number of nitrogens with one attached hydrogen (secondary N) is 1. The van der Waals surface area contributed by atoms with Crippen LogP contribution in [0, 0.1) is 0 Å². The summed E-state index contributed by atoms with van der Waals surface area (Å²) in [7, 11) is 1.61. The number of carbonyl (C=O) groups excluding carboxylic acids is 1. The molecule has 1 saturated heterocycles. The molecule has 0 unspecified atom stereocenters. The average Bonchev–Trinajstić information content (AvgIpc) is 2.73. The Morgan fingerprint density at radius 3 is 2.64 bits per heavy atom. The first-order chi connectivity index (χ1) is 10.5. The summed E-state index contributed by atoms with van der Waals surface area (Å²) in [5.41, 5.74) is 0.743. The lowest BCUT2D eigenvalue weighted by Gasteiger charge is -2.25. The van der Waals surface area contributed by atoms with Crippen molar-refractivity contribution in [3.8, 4) is 5.75 Å². The maximum absolute atomic E-state index is 11.5. The Labute approximate surface area is 141 Å². The minimum absolute atomic E-state index is 0.109. The van der Waals surface area contributed by atoms with Gasteiger partial charge in [-0.1, -0.05) is 11.6 Å². The van der Waals surface area contributed by atoms with E-state index in [2.05, 4.69) is 10.2 Å². The number of nitrogens with zero attached hydrogens (tertiary/aromatic N) is 2. The van der Waals surface area contributed by atoms with Crippen LogP contribution in [-0.4, -0.2) is 54.1 Å². The van der Waals surface area contributed by atoms with Gasteiger partial charge in [0.1, 0.15) is 5.75 Å². The van der Waals surface area contributed by atoms with E-state index in [0.29, 0.717) is 29.0 Å². The van der Waals surface area contributed by atoms with Crippen LogP contribution in [0.15, 0.2) is 18.2 Å². The van der Waals surface area contributed by atoms with Crippen molar-refractivity contribution in [1.82, 2.24) is 9.80 Å². The molecule has 0 aliphatic carbocycles. The molecule has 1 aliphatic heterocycles. The maximum Gasteiger partial charge on any atom is 0.219 e. The highest BCUT2D eigenvalue weighted by atomic mass is 35.5. The Hall–Kier alpha value is -1.53. The highest BCUT2D eigenvalue weighted by molar-refractivity contribution is 7.80. The van der Waals surface area contributed by atoms with Gasteiger partial charge in [-0.2, -0.15) is 0 Å².